The zero-order chi connectivity index (χ0) is 19.8. The number of hydrogen-bond donors (Lipinski definition) is 1. The summed E-state index contributed by atoms with van der Waals surface area (Å²) in [5.41, 5.74) is 2.76. The molecule has 0 fully saturated rings. The third kappa shape index (κ3) is 3.18. The molecule has 0 bridgehead atoms. The molecule has 144 valence electrons. The highest BCUT2D eigenvalue weighted by Gasteiger charge is 2.35. The Morgan fingerprint density at radius 1 is 0.931 bits per heavy atom. The molecule has 2 heterocycles. The standard InChI is InChI=1S/C23H17FN2O3/c24-16-7-9-18(10-8-16)26-20(15-6-11-21-22(12-15)29-14-28-21)13-19(23(26)27)25-17-4-2-1-3-5-17/h1-13,20,25H,14H2. The molecule has 2 aliphatic rings. The number of amides is 1. The van der Waals surface area contributed by atoms with Gasteiger partial charge >= 0.3 is 0 Å². The molecular formula is C23H17FN2O3. The minimum absolute atomic E-state index is 0.181. The van der Waals surface area contributed by atoms with Crippen LogP contribution in [0.4, 0.5) is 15.8 Å². The monoisotopic (exact) mass is 388 g/mol. The number of halogens is 1. The Morgan fingerprint density at radius 2 is 1.69 bits per heavy atom. The highest BCUT2D eigenvalue weighted by Crippen LogP contribution is 2.40. The van der Waals surface area contributed by atoms with Crippen molar-refractivity contribution in [2.75, 3.05) is 17.0 Å². The van der Waals surface area contributed by atoms with E-state index in [0.29, 0.717) is 22.9 Å². The van der Waals surface area contributed by atoms with Crippen LogP contribution in [0.3, 0.4) is 0 Å². The number of rotatable bonds is 4. The van der Waals surface area contributed by atoms with Gasteiger partial charge in [-0.3, -0.25) is 9.69 Å². The SMILES string of the molecule is O=C1C(Nc2ccccc2)=CC(c2ccc3c(c2)OCO3)N1c1ccc(F)cc1. The third-order valence-electron chi connectivity index (χ3n) is 4.95. The molecule has 29 heavy (non-hydrogen) atoms. The second-order valence-electron chi connectivity index (χ2n) is 6.78. The van der Waals surface area contributed by atoms with Gasteiger partial charge < -0.3 is 14.8 Å². The first-order valence-corrected chi connectivity index (χ1v) is 9.21. The van der Waals surface area contributed by atoms with Crippen LogP contribution in [0.1, 0.15) is 11.6 Å². The molecule has 0 aliphatic carbocycles. The normalized spacial score (nSPS) is 17.4. The first-order chi connectivity index (χ1) is 14.2. The van der Waals surface area contributed by atoms with Gasteiger partial charge in [0.2, 0.25) is 6.79 Å². The third-order valence-corrected chi connectivity index (χ3v) is 4.95. The molecule has 2 aliphatic heterocycles. The first kappa shape index (κ1) is 17.3. The molecule has 5 rings (SSSR count). The molecule has 0 aromatic heterocycles. The maximum atomic E-state index is 13.4. The number of carbonyl (C=O) groups excluding carboxylic acids is 1. The Kier molecular flexibility index (Phi) is 4.17. The molecule has 1 N–H and O–H groups in total. The molecule has 5 nitrogen and oxygen atoms in total. The number of fused-ring (bicyclic) bond motifs is 1. The molecule has 1 atom stereocenters. The van der Waals surface area contributed by atoms with Gasteiger partial charge in [0, 0.05) is 11.4 Å². The largest absolute Gasteiger partial charge is 0.454 e. The van der Waals surface area contributed by atoms with Gasteiger partial charge in [0.15, 0.2) is 11.5 Å². The Morgan fingerprint density at radius 3 is 2.48 bits per heavy atom. The zero-order valence-corrected chi connectivity index (χ0v) is 15.3. The predicted octanol–water partition coefficient (Wildman–Crippen LogP) is 4.64. The van der Waals surface area contributed by atoms with Crippen molar-refractivity contribution in [2.45, 2.75) is 6.04 Å². The van der Waals surface area contributed by atoms with E-state index in [0.717, 1.165) is 11.3 Å². The second-order valence-corrected chi connectivity index (χ2v) is 6.78. The zero-order valence-electron chi connectivity index (χ0n) is 15.3. The molecule has 1 amide bonds. The van der Waals surface area contributed by atoms with Crippen molar-refractivity contribution in [1.29, 1.82) is 0 Å². The fourth-order valence-corrected chi connectivity index (χ4v) is 3.55. The lowest BCUT2D eigenvalue weighted by Gasteiger charge is -2.25. The highest BCUT2D eigenvalue weighted by atomic mass is 19.1. The van der Waals surface area contributed by atoms with Crippen LogP contribution in [0, 0.1) is 5.82 Å². The summed E-state index contributed by atoms with van der Waals surface area (Å²) in [6.07, 6.45) is 1.87. The lowest BCUT2D eigenvalue weighted by molar-refractivity contribution is -0.114. The fourth-order valence-electron chi connectivity index (χ4n) is 3.55. The predicted molar refractivity (Wildman–Crippen MR) is 107 cm³/mol. The van der Waals surface area contributed by atoms with E-state index in [9.17, 15) is 9.18 Å². The summed E-state index contributed by atoms with van der Waals surface area (Å²) in [5, 5.41) is 3.19. The molecular weight excluding hydrogens is 371 g/mol. The molecule has 1 unspecified atom stereocenters. The van der Waals surface area contributed by atoms with E-state index in [1.54, 1.807) is 17.0 Å². The van der Waals surface area contributed by atoms with Crippen molar-refractivity contribution >= 4 is 17.3 Å². The van der Waals surface area contributed by atoms with Crippen LogP contribution < -0.4 is 19.7 Å². The number of carbonyl (C=O) groups is 1. The van der Waals surface area contributed by atoms with Crippen molar-refractivity contribution in [1.82, 2.24) is 0 Å². The van der Waals surface area contributed by atoms with Crippen LogP contribution >= 0.6 is 0 Å². The van der Waals surface area contributed by atoms with Crippen LogP contribution in [0.25, 0.3) is 0 Å². The number of nitrogens with zero attached hydrogens (tertiary/aromatic N) is 1. The van der Waals surface area contributed by atoms with Crippen molar-refractivity contribution in [3.8, 4) is 11.5 Å². The summed E-state index contributed by atoms with van der Waals surface area (Å²) in [5.74, 6) is 0.781. The number of nitrogens with one attached hydrogen (secondary N) is 1. The summed E-state index contributed by atoms with van der Waals surface area (Å²) in [4.78, 5) is 14.9. The van der Waals surface area contributed by atoms with E-state index in [1.165, 1.54) is 12.1 Å². The minimum Gasteiger partial charge on any atom is -0.454 e. The Labute approximate surface area is 167 Å². The Hall–Kier alpha value is -3.80. The van der Waals surface area contributed by atoms with E-state index in [4.69, 9.17) is 9.47 Å². The van der Waals surface area contributed by atoms with Crippen LogP contribution in [-0.2, 0) is 4.79 Å². The van der Waals surface area contributed by atoms with Crippen LogP contribution in [0.15, 0.2) is 84.6 Å². The highest BCUT2D eigenvalue weighted by molar-refractivity contribution is 6.11. The number of para-hydroxylation sites is 1. The maximum absolute atomic E-state index is 13.4. The van der Waals surface area contributed by atoms with E-state index in [-0.39, 0.29) is 24.6 Å². The number of anilines is 2. The van der Waals surface area contributed by atoms with Crippen molar-refractivity contribution < 1.29 is 18.7 Å². The lowest BCUT2D eigenvalue weighted by Crippen LogP contribution is -2.30. The van der Waals surface area contributed by atoms with E-state index in [2.05, 4.69) is 5.32 Å². The average Bonchev–Trinajstić information content (AvgIpc) is 3.34. The Bertz CT molecular complexity index is 1100. The van der Waals surface area contributed by atoms with E-state index >= 15 is 0 Å². The van der Waals surface area contributed by atoms with Gasteiger partial charge in [-0.2, -0.15) is 0 Å². The molecule has 3 aromatic carbocycles. The fraction of sp³-hybridized carbons (Fsp3) is 0.0870. The van der Waals surface area contributed by atoms with Crippen LogP contribution in [-0.4, -0.2) is 12.7 Å². The van der Waals surface area contributed by atoms with Gasteiger partial charge in [0.05, 0.1) is 6.04 Å². The summed E-state index contributed by atoms with van der Waals surface area (Å²) in [6.45, 7) is 0.181. The Balaban J connectivity index is 1.55. The molecule has 3 aromatic rings. The summed E-state index contributed by atoms with van der Waals surface area (Å²) in [7, 11) is 0. The van der Waals surface area contributed by atoms with Crippen LogP contribution in [0.2, 0.25) is 0 Å². The molecule has 0 spiro atoms. The topological polar surface area (TPSA) is 50.8 Å². The quantitative estimate of drug-likeness (QED) is 0.708. The number of hydrogen-bond acceptors (Lipinski definition) is 4. The lowest BCUT2D eigenvalue weighted by atomic mass is 10.1. The van der Waals surface area contributed by atoms with Gasteiger partial charge in [-0.25, -0.2) is 4.39 Å². The molecule has 0 saturated carbocycles. The van der Waals surface area contributed by atoms with Gasteiger partial charge in [-0.05, 0) is 60.2 Å². The van der Waals surface area contributed by atoms with Gasteiger partial charge in [0.1, 0.15) is 11.5 Å². The summed E-state index contributed by atoms with van der Waals surface area (Å²) >= 11 is 0. The van der Waals surface area contributed by atoms with Gasteiger partial charge in [-0.1, -0.05) is 24.3 Å². The maximum Gasteiger partial charge on any atom is 0.275 e. The number of benzene rings is 3. The van der Waals surface area contributed by atoms with Crippen molar-refractivity contribution in [3.05, 3.63) is 96.0 Å². The molecule has 0 radical (unpaired) electrons. The minimum atomic E-state index is -0.367. The van der Waals surface area contributed by atoms with Crippen molar-refractivity contribution in [3.63, 3.8) is 0 Å². The van der Waals surface area contributed by atoms with Crippen LogP contribution in [0.5, 0.6) is 11.5 Å². The van der Waals surface area contributed by atoms with E-state index < -0.39 is 0 Å². The summed E-state index contributed by atoms with van der Waals surface area (Å²) in [6, 6.07) is 20.6. The summed E-state index contributed by atoms with van der Waals surface area (Å²) < 4.78 is 24.3. The average molecular weight is 388 g/mol. The van der Waals surface area contributed by atoms with E-state index in [1.807, 2.05) is 54.6 Å². The van der Waals surface area contributed by atoms with Crippen molar-refractivity contribution in [2.24, 2.45) is 0 Å². The number of ether oxygens (including phenoxy) is 2. The first-order valence-electron chi connectivity index (χ1n) is 9.21. The molecule has 6 heteroatoms. The van der Waals surface area contributed by atoms with Gasteiger partial charge in [-0.15, -0.1) is 0 Å². The molecule has 0 saturated heterocycles. The van der Waals surface area contributed by atoms with Gasteiger partial charge in [0.25, 0.3) is 5.91 Å². The smallest absolute Gasteiger partial charge is 0.275 e. The second kappa shape index (κ2) is 6.98.